The molecule has 0 aliphatic heterocycles. The van der Waals surface area contributed by atoms with Crippen LogP contribution in [0.2, 0.25) is 0 Å². The third-order valence-electron chi connectivity index (χ3n) is 6.54. The zero-order valence-corrected chi connectivity index (χ0v) is 23.7. The molecule has 2 amide bonds. The first-order valence-electron chi connectivity index (χ1n) is 13.5. The first-order valence-corrected chi connectivity index (χ1v) is 13.5. The van der Waals surface area contributed by atoms with Gasteiger partial charge in [-0.05, 0) is 71.0 Å². The molecule has 0 bridgehead atoms. The molecule has 3 N–H and O–H groups in total. The van der Waals surface area contributed by atoms with E-state index in [1.165, 1.54) is 17.4 Å². The summed E-state index contributed by atoms with van der Waals surface area (Å²) in [5.41, 5.74) is 2.10. The van der Waals surface area contributed by atoms with Crippen LogP contribution in [0, 0.1) is 23.2 Å². The summed E-state index contributed by atoms with van der Waals surface area (Å²) in [6.45, 7) is 2.84. The summed E-state index contributed by atoms with van der Waals surface area (Å²) in [7, 11) is 5.47. The highest BCUT2D eigenvalue weighted by atomic mass is 16.2. The highest BCUT2D eigenvalue weighted by Crippen LogP contribution is 2.25. The second-order valence-corrected chi connectivity index (χ2v) is 10.0. The summed E-state index contributed by atoms with van der Waals surface area (Å²) in [6, 6.07) is 9.01. The SMILES string of the molecule is C[C@@H](C(=O)NCCCC#Cc1cnc(Nc2ccc(C#N)cc2)nc1NC1CCC1)N(C)C(=O)C=CCN(C)C. The molecule has 1 saturated carbocycles. The molecular formula is C30H38N8O2. The topological polar surface area (TPSA) is 126 Å². The number of hydrogen-bond donors (Lipinski definition) is 3. The minimum absolute atomic E-state index is 0.199. The molecule has 210 valence electrons. The summed E-state index contributed by atoms with van der Waals surface area (Å²) < 4.78 is 0. The molecule has 0 unspecified atom stereocenters. The van der Waals surface area contributed by atoms with Crippen LogP contribution >= 0.6 is 0 Å². The maximum Gasteiger partial charge on any atom is 0.246 e. The van der Waals surface area contributed by atoms with Crippen LogP contribution in [-0.2, 0) is 9.59 Å². The number of nitrogens with zero attached hydrogens (tertiary/aromatic N) is 5. The van der Waals surface area contributed by atoms with Gasteiger partial charge in [-0.2, -0.15) is 10.2 Å². The van der Waals surface area contributed by atoms with Crippen LogP contribution in [0.3, 0.4) is 0 Å². The van der Waals surface area contributed by atoms with Crippen molar-refractivity contribution in [1.29, 1.82) is 5.26 Å². The van der Waals surface area contributed by atoms with Crippen LogP contribution in [0.5, 0.6) is 0 Å². The van der Waals surface area contributed by atoms with Crippen LogP contribution in [0.25, 0.3) is 0 Å². The average Bonchev–Trinajstić information content (AvgIpc) is 2.92. The smallest absolute Gasteiger partial charge is 0.246 e. The van der Waals surface area contributed by atoms with Crippen molar-refractivity contribution in [3.05, 3.63) is 53.7 Å². The molecule has 1 aliphatic carbocycles. The van der Waals surface area contributed by atoms with E-state index in [-0.39, 0.29) is 11.8 Å². The van der Waals surface area contributed by atoms with Crippen molar-refractivity contribution in [1.82, 2.24) is 25.1 Å². The van der Waals surface area contributed by atoms with Gasteiger partial charge >= 0.3 is 0 Å². The van der Waals surface area contributed by atoms with Crippen molar-refractivity contribution < 1.29 is 9.59 Å². The lowest BCUT2D eigenvalue weighted by Crippen LogP contribution is -2.45. The van der Waals surface area contributed by atoms with Crippen molar-refractivity contribution in [2.45, 2.75) is 51.1 Å². The van der Waals surface area contributed by atoms with Crippen LogP contribution in [0.4, 0.5) is 17.5 Å². The maximum absolute atomic E-state index is 12.5. The van der Waals surface area contributed by atoms with E-state index in [0.717, 1.165) is 24.1 Å². The molecule has 40 heavy (non-hydrogen) atoms. The van der Waals surface area contributed by atoms with Gasteiger partial charge in [0.1, 0.15) is 11.9 Å². The highest BCUT2D eigenvalue weighted by Gasteiger charge is 2.21. The normalized spacial score (nSPS) is 13.5. The Labute approximate surface area is 236 Å². The zero-order valence-electron chi connectivity index (χ0n) is 23.7. The van der Waals surface area contributed by atoms with Gasteiger partial charge in [0.25, 0.3) is 0 Å². The quantitative estimate of drug-likeness (QED) is 0.212. The second kappa shape index (κ2) is 15.2. The molecule has 1 aromatic carbocycles. The standard InChI is InChI=1S/C30H38N8O2/c1-22(38(4)27(39)13-9-19-37(2)3)29(40)32-18-7-5-6-10-24-21-33-30(36-28(24)34-25-11-8-12-25)35-26-16-14-23(20-31)15-17-26/h9,13-17,21-22,25H,5,7-8,11-12,18-19H2,1-4H3,(H,32,40)(H2,33,34,35,36)/t22-/m0/s1. The molecule has 1 heterocycles. The van der Waals surface area contributed by atoms with Crippen LogP contribution < -0.4 is 16.0 Å². The van der Waals surface area contributed by atoms with E-state index in [1.54, 1.807) is 38.4 Å². The predicted molar refractivity (Wildman–Crippen MR) is 157 cm³/mol. The molecule has 10 nitrogen and oxygen atoms in total. The number of amides is 2. The van der Waals surface area contributed by atoms with Crippen LogP contribution in [-0.4, -0.2) is 77.9 Å². The summed E-state index contributed by atoms with van der Waals surface area (Å²) >= 11 is 0. The number of hydrogen-bond acceptors (Lipinski definition) is 8. The number of carbonyl (C=O) groups excluding carboxylic acids is 2. The Morgan fingerprint density at radius 3 is 2.60 bits per heavy atom. The van der Waals surface area contributed by atoms with Crippen molar-refractivity contribution in [3.63, 3.8) is 0 Å². The zero-order chi connectivity index (χ0) is 28.9. The third kappa shape index (κ3) is 9.40. The minimum Gasteiger partial charge on any atom is -0.366 e. The van der Waals surface area contributed by atoms with E-state index in [0.29, 0.717) is 49.3 Å². The Bertz CT molecular complexity index is 1280. The lowest BCUT2D eigenvalue weighted by atomic mass is 9.93. The van der Waals surface area contributed by atoms with E-state index in [9.17, 15) is 9.59 Å². The fraction of sp³-hybridized carbons (Fsp3) is 0.433. The number of aromatic nitrogens is 2. The van der Waals surface area contributed by atoms with Crippen LogP contribution in [0.1, 0.15) is 50.2 Å². The fourth-order valence-corrected chi connectivity index (χ4v) is 3.69. The van der Waals surface area contributed by atoms with Gasteiger partial charge in [0, 0.05) is 44.4 Å². The van der Waals surface area contributed by atoms with Gasteiger partial charge in [-0.1, -0.05) is 17.9 Å². The summed E-state index contributed by atoms with van der Waals surface area (Å²) in [5, 5.41) is 18.5. The second-order valence-electron chi connectivity index (χ2n) is 10.0. The van der Waals surface area contributed by atoms with Gasteiger partial charge in [0.05, 0.1) is 23.4 Å². The lowest BCUT2D eigenvalue weighted by Gasteiger charge is -2.27. The van der Waals surface area contributed by atoms with E-state index in [2.05, 4.69) is 43.8 Å². The molecule has 1 atom stereocenters. The predicted octanol–water partition coefficient (Wildman–Crippen LogP) is 3.27. The number of carbonyl (C=O) groups is 2. The third-order valence-corrected chi connectivity index (χ3v) is 6.54. The van der Waals surface area contributed by atoms with Crippen molar-refractivity contribution >= 4 is 29.3 Å². The Kier molecular flexibility index (Phi) is 11.5. The van der Waals surface area contributed by atoms with Gasteiger partial charge in [0.2, 0.25) is 17.8 Å². The average molecular weight is 543 g/mol. The lowest BCUT2D eigenvalue weighted by molar-refractivity contribution is -0.135. The molecule has 1 aromatic heterocycles. The van der Waals surface area contributed by atoms with Gasteiger partial charge < -0.3 is 25.8 Å². The molecule has 0 spiro atoms. The van der Waals surface area contributed by atoms with Crippen LogP contribution in [0.15, 0.2) is 42.6 Å². The number of anilines is 3. The Morgan fingerprint density at radius 2 is 1.95 bits per heavy atom. The molecule has 10 heteroatoms. The molecule has 0 radical (unpaired) electrons. The number of nitriles is 1. The molecule has 1 fully saturated rings. The molecule has 2 aromatic rings. The Morgan fingerprint density at radius 1 is 1.20 bits per heavy atom. The van der Waals surface area contributed by atoms with Gasteiger partial charge in [-0.25, -0.2) is 4.98 Å². The van der Waals surface area contributed by atoms with Gasteiger partial charge in [0.15, 0.2) is 0 Å². The van der Waals surface area contributed by atoms with Gasteiger partial charge in [-0.15, -0.1) is 0 Å². The molecule has 3 rings (SSSR count). The Balaban J connectivity index is 1.51. The largest absolute Gasteiger partial charge is 0.366 e. The first kappa shape index (κ1) is 30.1. The summed E-state index contributed by atoms with van der Waals surface area (Å²) in [5.74, 6) is 7.06. The van der Waals surface area contributed by atoms with Gasteiger partial charge in [-0.3, -0.25) is 9.59 Å². The highest BCUT2D eigenvalue weighted by molar-refractivity contribution is 5.92. The number of benzene rings is 1. The number of rotatable bonds is 12. The number of unbranched alkanes of at least 4 members (excludes halogenated alkanes) is 1. The maximum atomic E-state index is 12.5. The van der Waals surface area contributed by atoms with Crippen molar-refractivity contribution in [3.8, 4) is 17.9 Å². The monoisotopic (exact) mass is 542 g/mol. The fourth-order valence-electron chi connectivity index (χ4n) is 3.69. The van der Waals surface area contributed by atoms with E-state index < -0.39 is 6.04 Å². The van der Waals surface area contributed by atoms with E-state index in [1.807, 2.05) is 31.1 Å². The van der Waals surface area contributed by atoms with E-state index in [4.69, 9.17) is 5.26 Å². The summed E-state index contributed by atoms with van der Waals surface area (Å²) in [4.78, 5) is 37.2. The minimum atomic E-state index is -0.573. The molecular weight excluding hydrogens is 504 g/mol. The molecule has 1 aliphatic rings. The van der Waals surface area contributed by atoms with E-state index >= 15 is 0 Å². The Hall–Kier alpha value is -4.41. The number of nitrogens with one attached hydrogen (secondary N) is 3. The number of likely N-dealkylation sites (N-methyl/N-ethyl adjacent to an activating group) is 2. The first-order chi connectivity index (χ1) is 19.3. The molecule has 0 saturated heterocycles. The summed E-state index contributed by atoms with van der Waals surface area (Å²) in [6.07, 6.45) is 9.63. The van der Waals surface area contributed by atoms with Crippen molar-refractivity contribution in [2.75, 3.05) is 44.9 Å². The van der Waals surface area contributed by atoms with Crippen molar-refractivity contribution in [2.24, 2.45) is 0 Å².